The Kier molecular flexibility index (Phi) is 7.77. The lowest BCUT2D eigenvalue weighted by Gasteiger charge is -2.08. The Hall–Kier alpha value is -1.00. The first kappa shape index (κ1) is 14.0. The van der Waals surface area contributed by atoms with Crippen molar-refractivity contribution in [2.24, 2.45) is 9.98 Å². The van der Waals surface area contributed by atoms with Gasteiger partial charge in [0.2, 0.25) is 0 Å². The molecule has 4 nitrogen and oxygen atoms in total. The van der Waals surface area contributed by atoms with Gasteiger partial charge in [-0.15, -0.1) is 11.6 Å². The molecular weight excluding hydrogens is 235 g/mol. The summed E-state index contributed by atoms with van der Waals surface area (Å²) in [6, 6.07) is 0.121. The fourth-order valence-electron chi connectivity index (χ4n) is 0.815. The van der Waals surface area contributed by atoms with Gasteiger partial charge in [0.1, 0.15) is 16.9 Å². The number of aliphatic imine (C=N–C) groups is 2. The first-order valence-corrected chi connectivity index (χ1v) is 5.10. The third kappa shape index (κ3) is 6.14. The van der Waals surface area contributed by atoms with E-state index in [0.29, 0.717) is 10.9 Å². The molecule has 0 radical (unpaired) electrons. The Labute approximate surface area is 99.8 Å². The van der Waals surface area contributed by atoms with Crippen LogP contribution in [0.3, 0.4) is 0 Å². The van der Waals surface area contributed by atoms with Crippen LogP contribution < -0.4 is 10.6 Å². The molecule has 2 N–H and O–H groups in total. The normalized spacial score (nSPS) is 13.7. The second-order valence-corrected chi connectivity index (χ2v) is 3.17. The van der Waals surface area contributed by atoms with E-state index in [0.717, 1.165) is 5.70 Å². The number of hydrogen-bond acceptors (Lipinski definition) is 3. The second-order valence-electron chi connectivity index (χ2n) is 2.53. The summed E-state index contributed by atoms with van der Waals surface area (Å²) in [4.78, 5) is 7.53. The molecule has 0 aromatic rings. The minimum atomic E-state index is 0.121. The zero-order valence-electron chi connectivity index (χ0n) is 8.72. The number of nitrogens with zero attached hydrogens (tertiary/aromatic N) is 2. The fraction of sp³-hybridized carbons (Fsp3) is 0.333. The van der Waals surface area contributed by atoms with Gasteiger partial charge in [-0.3, -0.25) is 9.98 Å². The Balaban J connectivity index is 4.70. The van der Waals surface area contributed by atoms with Crippen molar-refractivity contribution in [2.45, 2.75) is 6.92 Å². The van der Waals surface area contributed by atoms with Crippen LogP contribution in [-0.4, -0.2) is 25.6 Å². The van der Waals surface area contributed by atoms with Crippen LogP contribution in [0.2, 0.25) is 0 Å². The Morgan fingerprint density at radius 1 is 1.53 bits per heavy atom. The maximum Gasteiger partial charge on any atom is 0.147 e. The first-order valence-electron chi connectivity index (χ1n) is 4.19. The second kappa shape index (κ2) is 8.32. The van der Waals surface area contributed by atoms with Crippen LogP contribution >= 0.6 is 23.2 Å². The van der Waals surface area contributed by atoms with Gasteiger partial charge in [0.05, 0.1) is 0 Å². The SMILES string of the molecule is C=N/C=C(/Cl)C(=NCCl)N/C(C)=C/NC. The summed E-state index contributed by atoms with van der Waals surface area (Å²) >= 11 is 11.4. The highest BCUT2D eigenvalue weighted by Crippen LogP contribution is 2.05. The van der Waals surface area contributed by atoms with E-state index in [2.05, 4.69) is 27.3 Å². The molecule has 6 heteroatoms. The standard InChI is InChI=1S/C9H14Cl2N4/c1-7(4-12-2)15-9(14-6-10)8(11)5-13-3/h4-5,12H,3,6H2,1-2H3,(H,14,15)/b7-4+,8-5+. The number of rotatable bonds is 5. The molecule has 0 rings (SSSR count). The Bertz CT molecular complexity index is 294. The van der Waals surface area contributed by atoms with Crippen molar-refractivity contribution in [3.63, 3.8) is 0 Å². The summed E-state index contributed by atoms with van der Waals surface area (Å²) in [7, 11) is 1.80. The molecule has 0 unspecified atom stereocenters. The zero-order valence-corrected chi connectivity index (χ0v) is 10.2. The van der Waals surface area contributed by atoms with Crippen molar-refractivity contribution in [1.82, 2.24) is 10.6 Å². The summed E-state index contributed by atoms with van der Waals surface area (Å²) < 4.78 is 0. The van der Waals surface area contributed by atoms with Crippen LogP contribution in [0, 0.1) is 0 Å². The van der Waals surface area contributed by atoms with E-state index in [-0.39, 0.29) is 6.00 Å². The largest absolute Gasteiger partial charge is 0.393 e. The quantitative estimate of drug-likeness (QED) is 0.339. The third-order valence-corrected chi connectivity index (χ3v) is 1.72. The van der Waals surface area contributed by atoms with Gasteiger partial charge in [0.25, 0.3) is 0 Å². The van der Waals surface area contributed by atoms with Gasteiger partial charge in [-0.25, -0.2) is 0 Å². The monoisotopic (exact) mass is 248 g/mol. The van der Waals surface area contributed by atoms with Crippen LogP contribution in [-0.2, 0) is 0 Å². The molecule has 84 valence electrons. The minimum absolute atomic E-state index is 0.121. The highest BCUT2D eigenvalue weighted by Gasteiger charge is 2.03. The molecule has 0 spiro atoms. The van der Waals surface area contributed by atoms with Gasteiger partial charge >= 0.3 is 0 Å². The van der Waals surface area contributed by atoms with E-state index in [1.807, 2.05) is 6.92 Å². The smallest absolute Gasteiger partial charge is 0.147 e. The predicted molar refractivity (Wildman–Crippen MR) is 67.6 cm³/mol. The van der Waals surface area contributed by atoms with Crippen molar-refractivity contribution in [2.75, 3.05) is 13.1 Å². The molecule has 0 aliphatic rings. The van der Waals surface area contributed by atoms with E-state index in [1.165, 1.54) is 6.20 Å². The van der Waals surface area contributed by atoms with Crippen LogP contribution in [0.1, 0.15) is 6.92 Å². The summed E-state index contributed by atoms with van der Waals surface area (Å²) in [5.41, 5.74) is 0.858. The molecule has 15 heavy (non-hydrogen) atoms. The van der Waals surface area contributed by atoms with E-state index >= 15 is 0 Å². The lowest BCUT2D eigenvalue weighted by atomic mass is 10.4. The highest BCUT2D eigenvalue weighted by molar-refractivity contribution is 6.43. The van der Waals surface area contributed by atoms with E-state index < -0.39 is 0 Å². The topological polar surface area (TPSA) is 48.8 Å². The molecule has 0 fully saturated rings. The predicted octanol–water partition coefficient (Wildman–Crippen LogP) is 2.03. The molecule has 0 aliphatic heterocycles. The fourth-order valence-corrected chi connectivity index (χ4v) is 1.11. The van der Waals surface area contributed by atoms with E-state index in [4.69, 9.17) is 23.2 Å². The summed E-state index contributed by atoms with van der Waals surface area (Å²) in [6.45, 7) is 5.17. The maximum atomic E-state index is 5.90. The van der Waals surface area contributed by atoms with Gasteiger partial charge in [0, 0.05) is 25.1 Å². The molecule has 0 aliphatic carbocycles. The molecular formula is C9H14Cl2N4. The van der Waals surface area contributed by atoms with Crippen LogP contribution in [0.4, 0.5) is 0 Å². The minimum Gasteiger partial charge on any atom is -0.393 e. The molecule has 0 atom stereocenters. The van der Waals surface area contributed by atoms with Gasteiger partial charge < -0.3 is 10.6 Å². The molecule has 0 saturated carbocycles. The third-order valence-electron chi connectivity index (χ3n) is 1.33. The molecule has 0 bridgehead atoms. The van der Waals surface area contributed by atoms with Crippen molar-refractivity contribution >= 4 is 35.8 Å². The average Bonchev–Trinajstić information content (AvgIpc) is 2.18. The first-order chi connectivity index (χ1) is 7.15. The maximum absolute atomic E-state index is 5.90. The van der Waals surface area contributed by atoms with Crippen molar-refractivity contribution in [3.05, 3.63) is 23.1 Å². The van der Waals surface area contributed by atoms with E-state index in [9.17, 15) is 0 Å². The molecule has 0 saturated heterocycles. The number of nitrogens with one attached hydrogen (secondary N) is 2. The van der Waals surface area contributed by atoms with Crippen LogP contribution in [0.5, 0.6) is 0 Å². The Morgan fingerprint density at radius 2 is 2.20 bits per heavy atom. The summed E-state index contributed by atoms with van der Waals surface area (Å²) in [5, 5.41) is 6.21. The summed E-state index contributed by atoms with van der Waals surface area (Å²) in [5.74, 6) is 0.461. The lowest BCUT2D eigenvalue weighted by molar-refractivity contribution is 1.01. The Morgan fingerprint density at radius 3 is 2.67 bits per heavy atom. The van der Waals surface area contributed by atoms with Gasteiger partial charge in [-0.05, 0) is 13.6 Å². The molecule has 0 amide bonds. The molecule has 0 aromatic carbocycles. The number of hydrogen-bond donors (Lipinski definition) is 2. The van der Waals surface area contributed by atoms with Crippen LogP contribution in [0.25, 0.3) is 0 Å². The summed E-state index contributed by atoms with van der Waals surface area (Å²) in [6.07, 6.45) is 3.17. The number of alkyl halides is 1. The van der Waals surface area contributed by atoms with Gasteiger partial charge in [0.15, 0.2) is 0 Å². The van der Waals surface area contributed by atoms with Crippen molar-refractivity contribution in [1.29, 1.82) is 0 Å². The highest BCUT2D eigenvalue weighted by atomic mass is 35.5. The average molecular weight is 249 g/mol. The number of amidine groups is 1. The molecule has 0 heterocycles. The zero-order chi connectivity index (χ0) is 11.7. The van der Waals surface area contributed by atoms with Crippen molar-refractivity contribution in [3.8, 4) is 0 Å². The lowest BCUT2D eigenvalue weighted by Crippen LogP contribution is -2.23. The van der Waals surface area contributed by atoms with E-state index in [1.54, 1.807) is 13.2 Å². The van der Waals surface area contributed by atoms with Gasteiger partial charge in [-0.1, -0.05) is 11.6 Å². The van der Waals surface area contributed by atoms with Gasteiger partial charge in [-0.2, -0.15) is 0 Å². The molecule has 0 aromatic heterocycles. The van der Waals surface area contributed by atoms with Crippen molar-refractivity contribution < 1.29 is 0 Å². The number of halogens is 2. The van der Waals surface area contributed by atoms with Crippen LogP contribution in [0.15, 0.2) is 33.1 Å². The number of allylic oxidation sites excluding steroid dienone is 1.